The van der Waals surface area contributed by atoms with Crippen LogP contribution < -0.4 is 5.32 Å². The molecule has 0 atom stereocenters. The predicted octanol–water partition coefficient (Wildman–Crippen LogP) is 4.01. The topological polar surface area (TPSA) is 92.5 Å². The van der Waals surface area contributed by atoms with E-state index in [1.807, 2.05) is 24.3 Å². The molecule has 0 bridgehead atoms. The van der Waals surface area contributed by atoms with E-state index >= 15 is 0 Å². The molecule has 2 N–H and O–H groups in total. The predicted molar refractivity (Wildman–Crippen MR) is 91.4 cm³/mol. The Kier molecular flexibility index (Phi) is 3.87. The zero-order valence-corrected chi connectivity index (χ0v) is 12.8. The molecule has 0 saturated heterocycles. The molecule has 1 amide bonds. The summed E-state index contributed by atoms with van der Waals surface area (Å²) in [6.07, 6.45) is 0. The van der Waals surface area contributed by atoms with E-state index in [4.69, 9.17) is 0 Å². The molecule has 3 aromatic rings. The zero-order valence-electron chi connectivity index (χ0n) is 12.8. The van der Waals surface area contributed by atoms with E-state index in [2.05, 4.69) is 5.32 Å². The lowest BCUT2D eigenvalue weighted by atomic mass is 10.0. The van der Waals surface area contributed by atoms with Gasteiger partial charge in [-0.1, -0.05) is 30.3 Å². The van der Waals surface area contributed by atoms with Gasteiger partial charge in [0.1, 0.15) is 5.75 Å². The minimum Gasteiger partial charge on any atom is -0.507 e. The molecule has 6 nitrogen and oxygen atoms in total. The Morgan fingerprint density at radius 1 is 1.08 bits per heavy atom. The van der Waals surface area contributed by atoms with Gasteiger partial charge in [-0.3, -0.25) is 14.9 Å². The Hall–Kier alpha value is -3.41. The highest BCUT2D eigenvalue weighted by Gasteiger charge is 2.17. The van der Waals surface area contributed by atoms with Gasteiger partial charge in [-0.05, 0) is 35.9 Å². The maximum atomic E-state index is 12.5. The first-order valence-electron chi connectivity index (χ1n) is 7.24. The molecule has 0 aliphatic carbocycles. The summed E-state index contributed by atoms with van der Waals surface area (Å²) in [5, 5.41) is 25.3. The molecule has 120 valence electrons. The number of nitro benzene ring substituents is 1. The van der Waals surface area contributed by atoms with Crippen molar-refractivity contribution in [2.45, 2.75) is 6.92 Å². The summed E-state index contributed by atoms with van der Waals surface area (Å²) in [5.74, 6) is -0.670. The molecule has 0 spiro atoms. The summed E-state index contributed by atoms with van der Waals surface area (Å²) in [7, 11) is 0. The third-order valence-electron chi connectivity index (χ3n) is 3.86. The number of nitrogens with zero attached hydrogens (tertiary/aromatic N) is 1. The van der Waals surface area contributed by atoms with Crippen LogP contribution in [0.4, 0.5) is 11.4 Å². The highest BCUT2D eigenvalue weighted by atomic mass is 16.6. The number of hydrogen-bond donors (Lipinski definition) is 2. The Morgan fingerprint density at radius 3 is 2.42 bits per heavy atom. The van der Waals surface area contributed by atoms with Crippen molar-refractivity contribution in [1.82, 2.24) is 0 Å². The SMILES string of the molecule is Cc1c(NC(=O)c2cc3ccccc3cc2O)cccc1[N+](=O)[O-]. The lowest BCUT2D eigenvalue weighted by molar-refractivity contribution is -0.385. The molecule has 0 fully saturated rings. The highest BCUT2D eigenvalue weighted by Crippen LogP contribution is 2.28. The largest absolute Gasteiger partial charge is 0.507 e. The molecule has 0 aromatic heterocycles. The van der Waals surface area contributed by atoms with Crippen molar-refractivity contribution >= 4 is 28.1 Å². The van der Waals surface area contributed by atoms with E-state index in [1.54, 1.807) is 19.1 Å². The number of hydrogen-bond acceptors (Lipinski definition) is 4. The molecular formula is C18H14N2O4. The van der Waals surface area contributed by atoms with Crippen molar-refractivity contribution in [3.8, 4) is 5.75 Å². The molecule has 24 heavy (non-hydrogen) atoms. The summed E-state index contributed by atoms with van der Waals surface area (Å²) in [4.78, 5) is 23.0. The third kappa shape index (κ3) is 2.77. The first kappa shape index (κ1) is 15.5. The molecule has 0 unspecified atom stereocenters. The number of phenols is 1. The van der Waals surface area contributed by atoms with Crippen LogP contribution in [-0.4, -0.2) is 15.9 Å². The standard InChI is InChI=1S/C18H14N2O4/c1-11-15(7-4-8-16(11)20(23)24)19-18(22)14-9-12-5-2-3-6-13(12)10-17(14)21/h2-10,21H,1H3,(H,19,22). The Labute approximate surface area is 137 Å². The van der Waals surface area contributed by atoms with Gasteiger partial charge in [0, 0.05) is 6.07 Å². The van der Waals surface area contributed by atoms with Crippen molar-refractivity contribution in [3.05, 3.63) is 75.8 Å². The van der Waals surface area contributed by atoms with Crippen LogP contribution in [0.15, 0.2) is 54.6 Å². The number of nitro groups is 1. The number of anilines is 1. The van der Waals surface area contributed by atoms with Gasteiger partial charge >= 0.3 is 0 Å². The quantitative estimate of drug-likeness (QED) is 0.563. The maximum Gasteiger partial charge on any atom is 0.274 e. The molecule has 0 heterocycles. The van der Waals surface area contributed by atoms with Crippen molar-refractivity contribution in [2.75, 3.05) is 5.32 Å². The fourth-order valence-electron chi connectivity index (χ4n) is 2.56. The summed E-state index contributed by atoms with van der Waals surface area (Å²) < 4.78 is 0. The van der Waals surface area contributed by atoms with Gasteiger partial charge in [-0.25, -0.2) is 0 Å². The van der Waals surface area contributed by atoms with Crippen molar-refractivity contribution in [3.63, 3.8) is 0 Å². The minimum absolute atomic E-state index is 0.0736. The van der Waals surface area contributed by atoms with E-state index in [1.165, 1.54) is 18.2 Å². The monoisotopic (exact) mass is 322 g/mol. The zero-order chi connectivity index (χ0) is 17.3. The number of carbonyl (C=O) groups excluding carboxylic acids is 1. The second-order valence-corrected chi connectivity index (χ2v) is 5.38. The molecule has 0 aliphatic heterocycles. The number of amides is 1. The van der Waals surface area contributed by atoms with Gasteiger partial charge in [-0.15, -0.1) is 0 Å². The fraction of sp³-hybridized carbons (Fsp3) is 0.0556. The lowest BCUT2D eigenvalue weighted by Crippen LogP contribution is -2.13. The fourth-order valence-corrected chi connectivity index (χ4v) is 2.56. The van der Waals surface area contributed by atoms with E-state index < -0.39 is 10.8 Å². The lowest BCUT2D eigenvalue weighted by Gasteiger charge is -2.10. The normalized spacial score (nSPS) is 10.5. The van der Waals surface area contributed by atoms with Crippen LogP contribution in [0.1, 0.15) is 15.9 Å². The summed E-state index contributed by atoms with van der Waals surface area (Å²) in [5.41, 5.74) is 0.730. The number of nitrogens with one attached hydrogen (secondary N) is 1. The van der Waals surface area contributed by atoms with Gasteiger partial charge in [0.2, 0.25) is 0 Å². The van der Waals surface area contributed by atoms with Crippen LogP contribution in [-0.2, 0) is 0 Å². The Bertz CT molecular complexity index is 966. The number of benzene rings is 3. The second-order valence-electron chi connectivity index (χ2n) is 5.38. The van der Waals surface area contributed by atoms with Crippen LogP contribution in [0, 0.1) is 17.0 Å². The Morgan fingerprint density at radius 2 is 1.75 bits per heavy atom. The first-order chi connectivity index (χ1) is 11.5. The number of rotatable bonds is 3. The molecular weight excluding hydrogens is 308 g/mol. The first-order valence-corrected chi connectivity index (χ1v) is 7.24. The van der Waals surface area contributed by atoms with Crippen LogP contribution in [0.2, 0.25) is 0 Å². The van der Waals surface area contributed by atoms with E-state index in [0.717, 1.165) is 10.8 Å². The third-order valence-corrected chi connectivity index (χ3v) is 3.86. The van der Waals surface area contributed by atoms with Crippen LogP contribution in [0.25, 0.3) is 10.8 Å². The molecule has 3 aromatic carbocycles. The van der Waals surface area contributed by atoms with E-state index in [-0.39, 0.29) is 17.0 Å². The second kappa shape index (κ2) is 6.00. The van der Waals surface area contributed by atoms with Crippen molar-refractivity contribution in [1.29, 1.82) is 0 Å². The van der Waals surface area contributed by atoms with Crippen molar-refractivity contribution in [2.24, 2.45) is 0 Å². The van der Waals surface area contributed by atoms with E-state index in [0.29, 0.717) is 11.3 Å². The summed E-state index contributed by atoms with van der Waals surface area (Å²) >= 11 is 0. The number of fused-ring (bicyclic) bond motifs is 1. The summed E-state index contributed by atoms with van der Waals surface area (Å²) in [6, 6.07) is 14.9. The molecule has 3 rings (SSSR count). The van der Waals surface area contributed by atoms with Crippen LogP contribution in [0.5, 0.6) is 5.75 Å². The van der Waals surface area contributed by atoms with Gasteiger partial charge in [0.05, 0.1) is 21.7 Å². The average molecular weight is 322 g/mol. The van der Waals surface area contributed by atoms with Gasteiger partial charge in [0.15, 0.2) is 0 Å². The molecule has 0 saturated carbocycles. The number of carbonyl (C=O) groups is 1. The average Bonchev–Trinajstić information content (AvgIpc) is 2.55. The molecule has 6 heteroatoms. The van der Waals surface area contributed by atoms with Crippen LogP contribution in [0.3, 0.4) is 0 Å². The van der Waals surface area contributed by atoms with Gasteiger partial charge < -0.3 is 10.4 Å². The maximum absolute atomic E-state index is 12.5. The highest BCUT2D eigenvalue weighted by molar-refractivity contribution is 6.09. The van der Waals surface area contributed by atoms with E-state index in [9.17, 15) is 20.0 Å². The summed E-state index contributed by atoms with van der Waals surface area (Å²) in [6.45, 7) is 1.56. The smallest absolute Gasteiger partial charge is 0.274 e. The number of aromatic hydroxyl groups is 1. The van der Waals surface area contributed by atoms with Crippen LogP contribution >= 0.6 is 0 Å². The minimum atomic E-state index is -0.526. The van der Waals surface area contributed by atoms with Gasteiger partial charge in [0.25, 0.3) is 11.6 Å². The number of phenolic OH excluding ortho intramolecular Hbond substituents is 1. The van der Waals surface area contributed by atoms with Gasteiger partial charge in [-0.2, -0.15) is 0 Å². The Balaban J connectivity index is 1.98. The van der Waals surface area contributed by atoms with Crippen molar-refractivity contribution < 1.29 is 14.8 Å². The molecule has 0 aliphatic rings. The molecule has 0 radical (unpaired) electrons.